The summed E-state index contributed by atoms with van der Waals surface area (Å²) in [6.07, 6.45) is 1.41. The van der Waals surface area contributed by atoms with Crippen molar-refractivity contribution in [3.63, 3.8) is 0 Å². The van der Waals surface area contributed by atoms with Crippen molar-refractivity contribution in [1.29, 1.82) is 0 Å². The molecule has 1 saturated carbocycles. The molecule has 0 spiro atoms. The molecule has 1 aromatic carbocycles. The number of hydrogen-bond donors (Lipinski definition) is 2. The highest BCUT2D eigenvalue weighted by Gasteiger charge is 2.36. The lowest BCUT2D eigenvalue weighted by Gasteiger charge is -2.40. The monoisotopic (exact) mass is 554 g/mol. The minimum atomic E-state index is -4.51. The highest BCUT2D eigenvalue weighted by atomic mass is 35.5. The zero-order valence-electron chi connectivity index (χ0n) is 20.1. The third-order valence-electron chi connectivity index (χ3n) is 6.45. The molecule has 8 nitrogen and oxygen atoms in total. The summed E-state index contributed by atoms with van der Waals surface area (Å²) in [5.41, 5.74) is -0.201. The minimum absolute atomic E-state index is 0.00778. The van der Waals surface area contributed by atoms with Gasteiger partial charge in [-0.1, -0.05) is 17.7 Å². The van der Waals surface area contributed by atoms with Crippen LogP contribution in [0.4, 0.5) is 24.8 Å². The van der Waals surface area contributed by atoms with E-state index in [-0.39, 0.29) is 33.7 Å². The Morgan fingerprint density at radius 2 is 1.84 bits per heavy atom. The summed E-state index contributed by atoms with van der Waals surface area (Å²) in [5.74, 6) is 0.588. The molecule has 2 aromatic heterocycles. The van der Waals surface area contributed by atoms with E-state index < -0.39 is 21.8 Å². The van der Waals surface area contributed by atoms with Gasteiger partial charge < -0.3 is 10.2 Å². The molecule has 1 aliphatic carbocycles. The van der Waals surface area contributed by atoms with Crippen LogP contribution in [0.15, 0.2) is 60.0 Å². The molecule has 0 saturated heterocycles. The Bertz CT molecular complexity index is 1320. The van der Waals surface area contributed by atoms with Gasteiger partial charge in [0.1, 0.15) is 22.9 Å². The van der Waals surface area contributed by atoms with Crippen molar-refractivity contribution >= 4 is 33.3 Å². The lowest BCUT2D eigenvalue weighted by atomic mass is 9.78. The highest BCUT2D eigenvalue weighted by Crippen LogP contribution is 2.40. The fourth-order valence-electron chi connectivity index (χ4n) is 4.56. The Morgan fingerprint density at radius 1 is 1.05 bits per heavy atom. The van der Waals surface area contributed by atoms with Crippen LogP contribution in [0, 0.1) is 0 Å². The van der Waals surface area contributed by atoms with Gasteiger partial charge in [0.25, 0.3) is 10.0 Å². The van der Waals surface area contributed by atoms with Gasteiger partial charge in [-0.3, -0.25) is 4.72 Å². The number of aromatic nitrogens is 3. The SMILES string of the molecule is CN(C)[C@H]1C[C@@H](c2ccc(Cl)c(C(F)(F)F)c2)CC[C@@H]1Nc1ccc(S(=O)(=O)Nc2ccncn2)cn1. The van der Waals surface area contributed by atoms with Gasteiger partial charge in [-0.15, -0.1) is 0 Å². The molecular weight excluding hydrogens is 529 g/mol. The van der Waals surface area contributed by atoms with E-state index in [1.807, 2.05) is 19.0 Å². The van der Waals surface area contributed by atoms with E-state index in [2.05, 4.69) is 25.0 Å². The first-order valence-corrected chi connectivity index (χ1v) is 13.3. The smallest absolute Gasteiger partial charge is 0.366 e. The molecule has 4 rings (SSSR count). The number of rotatable bonds is 7. The molecule has 0 amide bonds. The molecule has 1 fully saturated rings. The summed E-state index contributed by atoms with van der Waals surface area (Å²) in [6, 6.07) is 8.58. The Hall–Kier alpha value is -2.96. The summed E-state index contributed by atoms with van der Waals surface area (Å²) in [6.45, 7) is 0. The number of nitrogens with one attached hydrogen (secondary N) is 2. The molecule has 3 aromatic rings. The molecule has 198 valence electrons. The normalized spacial score (nSPS) is 20.6. The number of sulfonamides is 1. The number of likely N-dealkylation sites (N-methyl/N-ethyl adjacent to an activating group) is 1. The van der Waals surface area contributed by atoms with E-state index in [9.17, 15) is 21.6 Å². The highest BCUT2D eigenvalue weighted by molar-refractivity contribution is 7.92. The Morgan fingerprint density at radius 3 is 2.46 bits per heavy atom. The van der Waals surface area contributed by atoms with E-state index in [0.717, 1.165) is 6.07 Å². The second kappa shape index (κ2) is 10.8. The number of nitrogens with zero attached hydrogens (tertiary/aromatic N) is 4. The average molecular weight is 555 g/mol. The van der Waals surface area contributed by atoms with Crippen LogP contribution in [0.25, 0.3) is 0 Å². The van der Waals surface area contributed by atoms with Crippen LogP contribution in [0.2, 0.25) is 5.02 Å². The third-order valence-corrected chi connectivity index (χ3v) is 8.12. The maximum absolute atomic E-state index is 13.4. The van der Waals surface area contributed by atoms with Crippen LogP contribution in [-0.4, -0.2) is 54.4 Å². The Kier molecular flexibility index (Phi) is 7.91. The van der Waals surface area contributed by atoms with Crippen molar-refractivity contribution in [3.05, 3.63) is 71.3 Å². The predicted octanol–water partition coefficient (Wildman–Crippen LogP) is 5.02. The van der Waals surface area contributed by atoms with Crippen molar-refractivity contribution in [2.75, 3.05) is 24.1 Å². The Labute approximate surface area is 218 Å². The van der Waals surface area contributed by atoms with Crippen molar-refractivity contribution in [1.82, 2.24) is 19.9 Å². The molecular formula is C24H26ClF3N6O2S. The summed E-state index contributed by atoms with van der Waals surface area (Å²) < 4.78 is 67.7. The largest absolute Gasteiger partial charge is 0.417 e. The number of halogens is 4. The first-order valence-electron chi connectivity index (χ1n) is 11.5. The van der Waals surface area contributed by atoms with Crippen LogP contribution in [0.3, 0.4) is 0 Å². The maximum Gasteiger partial charge on any atom is 0.417 e. The van der Waals surface area contributed by atoms with Crippen molar-refractivity contribution in [3.8, 4) is 0 Å². The van der Waals surface area contributed by atoms with Crippen LogP contribution in [0.5, 0.6) is 0 Å². The van der Waals surface area contributed by atoms with E-state index in [0.29, 0.717) is 30.6 Å². The molecule has 37 heavy (non-hydrogen) atoms. The van der Waals surface area contributed by atoms with E-state index in [4.69, 9.17) is 11.6 Å². The lowest BCUT2D eigenvalue weighted by Crippen LogP contribution is -2.47. The predicted molar refractivity (Wildman–Crippen MR) is 135 cm³/mol. The van der Waals surface area contributed by atoms with Gasteiger partial charge in [0.2, 0.25) is 0 Å². The van der Waals surface area contributed by atoms with Crippen molar-refractivity contribution in [2.24, 2.45) is 0 Å². The first kappa shape index (κ1) is 27.1. The topological polar surface area (TPSA) is 100 Å². The molecule has 2 heterocycles. The van der Waals surface area contributed by atoms with Crippen molar-refractivity contribution in [2.45, 2.75) is 48.3 Å². The van der Waals surface area contributed by atoms with Crippen molar-refractivity contribution < 1.29 is 21.6 Å². The molecule has 0 bridgehead atoms. The third kappa shape index (κ3) is 6.49. The van der Waals surface area contributed by atoms with Gasteiger partial charge in [0, 0.05) is 24.5 Å². The summed E-state index contributed by atoms with van der Waals surface area (Å²) in [4.78, 5) is 13.9. The molecule has 3 atom stereocenters. The standard InChI is InChI=1S/C24H26ClF3N6O2S/c1-34(2)21-12-16(15-3-6-19(25)18(11-15)24(26,27)28)4-7-20(21)32-22-8-5-17(13-30-22)37(35,36)33-23-9-10-29-14-31-23/h3,5-6,8-11,13-14,16,20-21H,4,7,12H2,1-2H3,(H,30,32)(H,29,31,33)/t16-,20-,21-/m0/s1. The lowest BCUT2D eigenvalue weighted by molar-refractivity contribution is -0.137. The maximum atomic E-state index is 13.4. The Balaban J connectivity index is 1.46. The summed E-state index contributed by atoms with van der Waals surface area (Å²) in [5, 5.41) is 3.06. The molecule has 0 radical (unpaired) electrons. The number of pyridine rings is 1. The molecule has 0 unspecified atom stereocenters. The second-order valence-corrected chi connectivity index (χ2v) is 11.2. The fourth-order valence-corrected chi connectivity index (χ4v) is 5.74. The van der Waals surface area contributed by atoms with E-state index in [1.54, 1.807) is 12.1 Å². The average Bonchev–Trinajstić information content (AvgIpc) is 2.84. The van der Waals surface area contributed by atoms with Gasteiger partial charge in [-0.05, 0) is 75.2 Å². The number of anilines is 2. The van der Waals surface area contributed by atoms with Crippen LogP contribution in [-0.2, 0) is 16.2 Å². The fraction of sp³-hybridized carbons (Fsp3) is 0.375. The van der Waals surface area contributed by atoms with E-state index in [1.165, 1.54) is 36.9 Å². The number of hydrogen-bond acceptors (Lipinski definition) is 7. The molecule has 2 N–H and O–H groups in total. The van der Waals surface area contributed by atoms with Gasteiger partial charge in [0.05, 0.1) is 10.6 Å². The second-order valence-electron chi connectivity index (χ2n) is 9.11. The minimum Gasteiger partial charge on any atom is -0.366 e. The van der Waals surface area contributed by atoms with Gasteiger partial charge in [0.15, 0.2) is 0 Å². The number of benzene rings is 1. The van der Waals surface area contributed by atoms with Gasteiger partial charge in [-0.2, -0.15) is 13.2 Å². The molecule has 1 aliphatic rings. The molecule has 13 heteroatoms. The van der Waals surface area contributed by atoms with Gasteiger partial charge in [-0.25, -0.2) is 23.4 Å². The summed E-state index contributed by atoms with van der Waals surface area (Å²) in [7, 11) is -0.0243. The van der Waals surface area contributed by atoms with Crippen LogP contribution in [0.1, 0.15) is 36.3 Å². The zero-order chi connectivity index (χ0) is 26.8. The quantitative estimate of drug-likeness (QED) is 0.423. The first-order chi connectivity index (χ1) is 17.4. The number of alkyl halides is 3. The summed E-state index contributed by atoms with van der Waals surface area (Å²) >= 11 is 5.80. The van der Waals surface area contributed by atoms with Crippen LogP contribution < -0.4 is 10.0 Å². The van der Waals surface area contributed by atoms with Gasteiger partial charge >= 0.3 is 6.18 Å². The van der Waals surface area contributed by atoms with Crippen LogP contribution >= 0.6 is 11.6 Å². The van der Waals surface area contributed by atoms with E-state index >= 15 is 0 Å². The zero-order valence-corrected chi connectivity index (χ0v) is 21.6. The molecule has 0 aliphatic heterocycles.